The summed E-state index contributed by atoms with van der Waals surface area (Å²) < 4.78 is 6.26. The second kappa shape index (κ2) is 9.18. The summed E-state index contributed by atoms with van der Waals surface area (Å²) in [5.41, 5.74) is 6.80. The van der Waals surface area contributed by atoms with Crippen LogP contribution in [0.5, 0.6) is 0 Å². The van der Waals surface area contributed by atoms with Crippen molar-refractivity contribution in [3.63, 3.8) is 0 Å². The van der Waals surface area contributed by atoms with Crippen molar-refractivity contribution in [1.82, 2.24) is 10.3 Å². The van der Waals surface area contributed by atoms with Crippen molar-refractivity contribution in [3.8, 4) is 6.07 Å². The Morgan fingerprint density at radius 3 is 2.66 bits per heavy atom. The number of rotatable bonds is 6. The summed E-state index contributed by atoms with van der Waals surface area (Å²) in [7, 11) is 0. The Labute approximate surface area is 224 Å². The highest BCUT2D eigenvalue weighted by atomic mass is 16.4. The fourth-order valence-electron chi connectivity index (χ4n) is 7.29. The molecule has 5 fully saturated rings. The van der Waals surface area contributed by atoms with Gasteiger partial charge in [-0.05, 0) is 87.3 Å². The second-order valence-corrected chi connectivity index (χ2v) is 12.3. The molecule has 1 amide bonds. The topological polar surface area (TPSA) is 94.2 Å². The lowest BCUT2D eigenvalue weighted by molar-refractivity contribution is -0.122. The normalized spacial score (nSPS) is 24.7. The average molecular weight is 512 g/mol. The fourth-order valence-corrected chi connectivity index (χ4v) is 7.29. The monoisotopic (exact) mass is 511 g/mol. The van der Waals surface area contributed by atoms with Crippen LogP contribution < -0.4 is 15.5 Å². The van der Waals surface area contributed by atoms with Gasteiger partial charge in [-0.15, -0.1) is 0 Å². The molecular weight excluding hydrogens is 474 g/mol. The molecule has 2 N–H and O–H groups in total. The van der Waals surface area contributed by atoms with Crippen LogP contribution >= 0.6 is 0 Å². The van der Waals surface area contributed by atoms with Gasteiger partial charge in [0.15, 0.2) is 0 Å². The van der Waals surface area contributed by atoms with Gasteiger partial charge in [-0.3, -0.25) is 4.79 Å². The first kappa shape index (κ1) is 23.8. The maximum absolute atomic E-state index is 12.9. The summed E-state index contributed by atoms with van der Waals surface area (Å²) >= 11 is 0. The van der Waals surface area contributed by atoms with Crippen LogP contribution in [0.2, 0.25) is 0 Å². The number of nitrogens with zero attached hydrogens (tertiary/aromatic N) is 3. The minimum Gasteiger partial charge on any atom is -0.428 e. The molecule has 7 nitrogen and oxygen atoms in total. The zero-order chi connectivity index (χ0) is 25.9. The summed E-state index contributed by atoms with van der Waals surface area (Å²) in [6.07, 6.45) is 12.8. The van der Waals surface area contributed by atoms with E-state index in [9.17, 15) is 10.1 Å². The summed E-state index contributed by atoms with van der Waals surface area (Å²) in [6, 6.07) is 9.22. The van der Waals surface area contributed by atoms with Crippen LogP contribution in [0.1, 0.15) is 106 Å². The minimum absolute atomic E-state index is 0.0667. The highest BCUT2D eigenvalue weighted by Crippen LogP contribution is 2.62. The summed E-state index contributed by atoms with van der Waals surface area (Å²) in [5, 5.41) is 16.6. The molecule has 0 bridgehead atoms. The van der Waals surface area contributed by atoms with Gasteiger partial charge in [0, 0.05) is 24.7 Å². The Kier molecular flexibility index (Phi) is 5.76. The van der Waals surface area contributed by atoms with Crippen LogP contribution in [0, 0.1) is 16.7 Å². The second-order valence-electron chi connectivity index (χ2n) is 12.3. The fraction of sp³-hybridized carbons (Fsp3) is 0.581. The summed E-state index contributed by atoms with van der Waals surface area (Å²) in [6.45, 7) is 3.74. The van der Waals surface area contributed by atoms with E-state index in [1.54, 1.807) is 0 Å². The van der Waals surface area contributed by atoms with Crippen molar-refractivity contribution >= 4 is 17.6 Å². The van der Waals surface area contributed by atoms with Crippen molar-refractivity contribution < 1.29 is 9.21 Å². The van der Waals surface area contributed by atoms with Gasteiger partial charge in [0.25, 0.3) is 6.01 Å². The Hall–Kier alpha value is -3.27. The molecule has 1 aromatic carbocycles. The molecule has 2 saturated heterocycles. The van der Waals surface area contributed by atoms with Crippen molar-refractivity contribution in [1.29, 1.82) is 5.26 Å². The number of nitriles is 1. The number of piperidine rings is 1. The maximum Gasteiger partial charge on any atom is 0.295 e. The molecular formula is C31H37N5O2. The van der Waals surface area contributed by atoms with Gasteiger partial charge in [0.1, 0.15) is 11.8 Å². The molecule has 0 radical (unpaired) electrons. The van der Waals surface area contributed by atoms with Crippen LogP contribution in [0.25, 0.3) is 0 Å². The van der Waals surface area contributed by atoms with Crippen LogP contribution in [-0.2, 0) is 11.2 Å². The third kappa shape index (κ3) is 4.00. The highest BCUT2D eigenvalue weighted by molar-refractivity contribution is 5.86. The number of allylic oxidation sites excluding steroid dienone is 2. The number of benzene rings is 1. The minimum atomic E-state index is -0.187. The Bertz CT molecular complexity index is 1330. The van der Waals surface area contributed by atoms with Gasteiger partial charge in [-0.25, -0.2) is 0 Å². The number of oxazole rings is 1. The maximum atomic E-state index is 12.9. The first-order valence-electron chi connectivity index (χ1n) is 14.6. The van der Waals surface area contributed by atoms with Crippen molar-refractivity contribution in [3.05, 3.63) is 52.1 Å². The summed E-state index contributed by atoms with van der Waals surface area (Å²) in [5.74, 6) is 1.52. The predicted molar refractivity (Wildman–Crippen MR) is 146 cm³/mol. The van der Waals surface area contributed by atoms with Crippen molar-refractivity contribution in [2.24, 2.45) is 5.41 Å². The third-order valence-corrected chi connectivity index (χ3v) is 9.96. The lowest BCUT2D eigenvalue weighted by Gasteiger charge is -2.53. The van der Waals surface area contributed by atoms with Crippen molar-refractivity contribution in [2.45, 2.75) is 95.4 Å². The van der Waals surface area contributed by atoms with E-state index < -0.39 is 0 Å². The molecule has 198 valence electrons. The lowest BCUT2D eigenvalue weighted by Crippen LogP contribution is -2.55. The number of aromatic nitrogens is 1. The van der Waals surface area contributed by atoms with E-state index in [0.29, 0.717) is 22.9 Å². The first-order chi connectivity index (χ1) is 18.5. The summed E-state index contributed by atoms with van der Waals surface area (Å²) in [4.78, 5) is 19.9. The van der Waals surface area contributed by atoms with E-state index in [4.69, 9.17) is 9.40 Å². The SMILES string of the molecule is CCc1nc(NC2CN(c3ccc(C4CCC(=C5CCC5)NC4=O)cc3C#N)C2)oc1C1CC2(CCC2)C1. The molecule has 7 heteroatoms. The molecule has 5 aliphatic rings. The van der Waals surface area contributed by atoms with E-state index in [0.717, 1.165) is 73.6 Å². The van der Waals surface area contributed by atoms with Crippen LogP contribution in [0.4, 0.5) is 11.7 Å². The molecule has 1 unspecified atom stereocenters. The van der Waals surface area contributed by atoms with E-state index >= 15 is 0 Å². The Balaban J connectivity index is 0.978. The van der Waals surface area contributed by atoms with Gasteiger partial charge < -0.3 is 20.0 Å². The molecule has 38 heavy (non-hydrogen) atoms. The quantitative estimate of drug-likeness (QED) is 0.502. The number of aryl methyl sites for hydroxylation is 1. The number of carbonyl (C=O) groups excluding carboxylic acids is 1. The first-order valence-corrected chi connectivity index (χ1v) is 14.6. The van der Waals surface area contributed by atoms with Gasteiger partial charge in [-0.1, -0.05) is 25.0 Å². The molecule has 3 aliphatic carbocycles. The molecule has 2 aliphatic heterocycles. The number of amides is 1. The smallest absolute Gasteiger partial charge is 0.295 e. The number of nitrogens with one attached hydrogen (secondary N) is 2. The Morgan fingerprint density at radius 1 is 1.21 bits per heavy atom. The number of hydrogen-bond donors (Lipinski definition) is 2. The number of hydrogen-bond acceptors (Lipinski definition) is 6. The standard InChI is InChI=1S/C31H37N5O2/c1-2-25-28(22-14-31(15-22)11-4-12-31)38-30(35-25)33-23-17-36(18-23)27-10-7-20(13-21(27)16-32)24-8-9-26(34-29(24)37)19-5-3-6-19/h7,10,13,22-24H,2-6,8-9,11-12,14-15,17-18H2,1H3,(H,33,35)(H,34,37). The highest BCUT2D eigenvalue weighted by Gasteiger charge is 2.50. The average Bonchev–Trinajstić information content (AvgIpc) is 3.21. The van der Waals surface area contributed by atoms with Crippen LogP contribution in [-0.4, -0.2) is 30.0 Å². The van der Waals surface area contributed by atoms with Gasteiger partial charge in [0.05, 0.1) is 28.9 Å². The molecule has 3 heterocycles. The van der Waals surface area contributed by atoms with Gasteiger partial charge >= 0.3 is 0 Å². The molecule has 1 spiro atoms. The molecule has 2 aromatic rings. The van der Waals surface area contributed by atoms with E-state index in [2.05, 4.69) is 28.5 Å². The Morgan fingerprint density at radius 2 is 2.03 bits per heavy atom. The van der Waals surface area contributed by atoms with Gasteiger partial charge in [0.2, 0.25) is 5.91 Å². The van der Waals surface area contributed by atoms with Crippen molar-refractivity contribution in [2.75, 3.05) is 23.3 Å². The third-order valence-electron chi connectivity index (χ3n) is 9.96. The number of anilines is 2. The predicted octanol–water partition coefficient (Wildman–Crippen LogP) is 5.89. The molecule has 1 atom stereocenters. The lowest BCUT2D eigenvalue weighted by atomic mass is 9.51. The molecule has 3 saturated carbocycles. The zero-order valence-corrected chi connectivity index (χ0v) is 22.3. The molecule has 1 aromatic heterocycles. The van der Waals surface area contributed by atoms with Crippen LogP contribution in [0.15, 0.2) is 33.9 Å². The van der Waals surface area contributed by atoms with E-state index in [1.165, 1.54) is 44.1 Å². The van der Waals surface area contributed by atoms with Crippen LogP contribution in [0.3, 0.4) is 0 Å². The molecule has 7 rings (SSSR count). The van der Waals surface area contributed by atoms with E-state index in [-0.39, 0.29) is 17.9 Å². The number of carbonyl (C=O) groups is 1. The van der Waals surface area contributed by atoms with E-state index in [1.807, 2.05) is 18.2 Å². The van der Waals surface area contributed by atoms with Gasteiger partial charge in [-0.2, -0.15) is 10.2 Å². The zero-order valence-electron chi connectivity index (χ0n) is 22.3. The largest absolute Gasteiger partial charge is 0.428 e.